The average molecular weight is 318 g/mol. The topological polar surface area (TPSA) is 29.9 Å². The first kappa shape index (κ1) is 11.7. The summed E-state index contributed by atoms with van der Waals surface area (Å²) in [6, 6.07) is 8.34. The number of hydrogen-bond donors (Lipinski definition) is 1. The van der Waals surface area contributed by atoms with E-state index in [1.54, 1.807) is 0 Å². The molecular formula is C15H16BrN3. The minimum absolute atomic E-state index is 0.706. The lowest BCUT2D eigenvalue weighted by Crippen LogP contribution is -2.25. The zero-order valence-corrected chi connectivity index (χ0v) is 12.3. The maximum Gasteiger partial charge on any atom is 0.0790 e. The van der Waals surface area contributed by atoms with Crippen LogP contribution in [-0.2, 0) is 13.0 Å². The summed E-state index contributed by atoms with van der Waals surface area (Å²) in [5.41, 5.74) is 5.34. The van der Waals surface area contributed by atoms with Gasteiger partial charge in [-0.2, -0.15) is 5.10 Å². The third-order valence-corrected chi connectivity index (χ3v) is 4.68. The second-order valence-corrected chi connectivity index (χ2v) is 6.23. The Labute approximate surface area is 121 Å². The van der Waals surface area contributed by atoms with E-state index >= 15 is 0 Å². The van der Waals surface area contributed by atoms with Crippen LogP contribution in [0.1, 0.15) is 35.7 Å². The number of aromatic nitrogens is 2. The normalized spacial score (nSPS) is 18.4. The van der Waals surface area contributed by atoms with Crippen LogP contribution in [0.2, 0.25) is 0 Å². The number of fused-ring (bicyclic) bond motifs is 1. The van der Waals surface area contributed by atoms with Crippen LogP contribution in [0.15, 0.2) is 28.7 Å². The van der Waals surface area contributed by atoms with Crippen LogP contribution in [0.4, 0.5) is 0 Å². The van der Waals surface area contributed by atoms with Crippen LogP contribution < -0.4 is 5.32 Å². The maximum absolute atomic E-state index is 4.93. The van der Waals surface area contributed by atoms with Crippen LogP contribution in [0.25, 0.3) is 5.69 Å². The fourth-order valence-electron chi connectivity index (χ4n) is 2.88. The quantitative estimate of drug-likeness (QED) is 0.922. The number of halogens is 1. The number of para-hydroxylation sites is 1. The maximum atomic E-state index is 4.93. The van der Waals surface area contributed by atoms with Crippen molar-refractivity contribution in [2.24, 2.45) is 0 Å². The summed E-state index contributed by atoms with van der Waals surface area (Å²) in [4.78, 5) is 0. The van der Waals surface area contributed by atoms with Gasteiger partial charge in [-0.05, 0) is 40.9 Å². The Kier molecular flexibility index (Phi) is 2.74. The van der Waals surface area contributed by atoms with E-state index in [0.29, 0.717) is 5.92 Å². The minimum atomic E-state index is 0.706. The van der Waals surface area contributed by atoms with Gasteiger partial charge in [0, 0.05) is 35.5 Å². The van der Waals surface area contributed by atoms with Gasteiger partial charge in [0.2, 0.25) is 0 Å². The van der Waals surface area contributed by atoms with Crippen LogP contribution in [-0.4, -0.2) is 16.3 Å². The van der Waals surface area contributed by atoms with Gasteiger partial charge in [0.05, 0.1) is 17.1 Å². The fourth-order valence-corrected chi connectivity index (χ4v) is 3.33. The smallest absolute Gasteiger partial charge is 0.0790 e. The number of nitrogens with one attached hydrogen (secondary N) is 1. The van der Waals surface area contributed by atoms with E-state index in [2.05, 4.69) is 44.1 Å². The summed E-state index contributed by atoms with van der Waals surface area (Å²) < 4.78 is 3.27. The number of rotatable bonds is 2. The molecule has 19 heavy (non-hydrogen) atoms. The molecule has 4 heteroatoms. The molecule has 1 N–H and O–H groups in total. The molecule has 1 aliphatic heterocycles. The summed E-state index contributed by atoms with van der Waals surface area (Å²) in [5.74, 6) is 0.706. The first-order valence-electron chi connectivity index (χ1n) is 6.91. The summed E-state index contributed by atoms with van der Waals surface area (Å²) in [6.45, 7) is 2.03. The molecule has 1 fully saturated rings. The van der Waals surface area contributed by atoms with Crippen LogP contribution in [0.3, 0.4) is 0 Å². The van der Waals surface area contributed by atoms with E-state index in [9.17, 15) is 0 Å². The molecule has 0 bridgehead atoms. The van der Waals surface area contributed by atoms with E-state index in [0.717, 1.165) is 29.7 Å². The average Bonchev–Trinajstić information content (AvgIpc) is 3.21. The van der Waals surface area contributed by atoms with E-state index in [1.165, 1.54) is 29.8 Å². The van der Waals surface area contributed by atoms with Crippen molar-refractivity contribution in [3.63, 3.8) is 0 Å². The molecule has 0 unspecified atom stereocenters. The molecule has 0 amide bonds. The van der Waals surface area contributed by atoms with Crippen LogP contribution >= 0.6 is 15.9 Å². The van der Waals surface area contributed by atoms with Gasteiger partial charge in [0.25, 0.3) is 0 Å². The summed E-state index contributed by atoms with van der Waals surface area (Å²) >= 11 is 3.65. The van der Waals surface area contributed by atoms with E-state index < -0.39 is 0 Å². The van der Waals surface area contributed by atoms with Crippen molar-refractivity contribution in [3.05, 3.63) is 45.7 Å². The van der Waals surface area contributed by atoms with Crippen molar-refractivity contribution in [1.29, 1.82) is 0 Å². The molecule has 0 saturated heterocycles. The fraction of sp³-hybridized carbons (Fsp3) is 0.400. The van der Waals surface area contributed by atoms with Crippen molar-refractivity contribution in [2.45, 2.75) is 31.7 Å². The predicted molar refractivity (Wildman–Crippen MR) is 78.6 cm³/mol. The highest BCUT2D eigenvalue weighted by Gasteiger charge is 2.32. The molecule has 98 valence electrons. The zero-order chi connectivity index (χ0) is 12.8. The molecule has 0 radical (unpaired) electrons. The van der Waals surface area contributed by atoms with Gasteiger partial charge in [-0.25, -0.2) is 4.68 Å². The Morgan fingerprint density at radius 2 is 2.11 bits per heavy atom. The Morgan fingerprint density at radius 3 is 2.89 bits per heavy atom. The standard InChI is InChI=1S/C15H16BrN3/c16-12-3-1-2-4-14(12)19-13-7-8-17-9-11(13)15(18-19)10-5-6-10/h1-4,10,17H,5-9H2. The van der Waals surface area contributed by atoms with Crippen molar-refractivity contribution in [1.82, 2.24) is 15.1 Å². The minimum Gasteiger partial charge on any atom is -0.312 e. The molecule has 0 atom stereocenters. The Morgan fingerprint density at radius 1 is 1.26 bits per heavy atom. The Balaban J connectivity index is 1.90. The lowest BCUT2D eigenvalue weighted by Gasteiger charge is -2.16. The van der Waals surface area contributed by atoms with Gasteiger partial charge >= 0.3 is 0 Å². The highest BCUT2D eigenvalue weighted by Crippen LogP contribution is 2.42. The molecule has 2 heterocycles. The number of hydrogen-bond acceptors (Lipinski definition) is 2. The SMILES string of the molecule is Brc1ccccc1-n1nc(C2CC2)c2c1CCNC2. The Bertz CT molecular complexity index is 628. The number of nitrogens with zero attached hydrogens (tertiary/aromatic N) is 2. The van der Waals surface area contributed by atoms with Gasteiger partial charge in [0.15, 0.2) is 0 Å². The second kappa shape index (κ2) is 4.46. The molecule has 1 aromatic heterocycles. The molecule has 0 spiro atoms. The van der Waals surface area contributed by atoms with Crippen LogP contribution in [0, 0.1) is 0 Å². The van der Waals surface area contributed by atoms with Crippen molar-refractivity contribution in [2.75, 3.05) is 6.54 Å². The summed E-state index contributed by atoms with van der Waals surface area (Å²) in [7, 11) is 0. The third kappa shape index (κ3) is 1.94. The highest BCUT2D eigenvalue weighted by atomic mass is 79.9. The molecular weight excluding hydrogens is 302 g/mol. The first-order chi connectivity index (χ1) is 9.34. The summed E-state index contributed by atoms with van der Waals surface area (Å²) in [5, 5.41) is 8.41. The first-order valence-corrected chi connectivity index (χ1v) is 7.70. The molecule has 1 saturated carbocycles. The van der Waals surface area contributed by atoms with E-state index in [1.807, 2.05) is 6.07 Å². The molecule has 1 aromatic carbocycles. The molecule has 4 rings (SSSR count). The lowest BCUT2D eigenvalue weighted by molar-refractivity contribution is 0.621. The monoisotopic (exact) mass is 317 g/mol. The molecule has 2 aliphatic rings. The van der Waals surface area contributed by atoms with Gasteiger partial charge < -0.3 is 5.32 Å². The van der Waals surface area contributed by atoms with Gasteiger partial charge in [-0.3, -0.25) is 0 Å². The van der Waals surface area contributed by atoms with Crippen LogP contribution in [0.5, 0.6) is 0 Å². The molecule has 2 aromatic rings. The zero-order valence-electron chi connectivity index (χ0n) is 10.7. The third-order valence-electron chi connectivity index (χ3n) is 4.01. The van der Waals surface area contributed by atoms with Crippen molar-refractivity contribution >= 4 is 15.9 Å². The Hall–Kier alpha value is -1.13. The van der Waals surface area contributed by atoms with E-state index in [-0.39, 0.29) is 0 Å². The summed E-state index contributed by atoms with van der Waals surface area (Å²) in [6.07, 6.45) is 3.68. The lowest BCUT2D eigenvalue weighted by atomic mass is 10.0. The molecule has 3 nitrogen and oxygen atoms in total. The van der Waals surface area contributed by atoms with E-state index in [4.69, 9.17) is 5.10 Å². The molecule has 1 aliphatic carbocycles. The highest BCUT2D eigenvalue weighted by molar-refractivity contribution is 9.10. The predicted octanol–water partition coefficient (Wildman–Crippen LogP) is 3.16. The van der Waals surface area contributed by atoms with Crippen molar-refractivity contribution < 1.29 is 0 Å². The van der Waals surface area contributed by atoms with Gasteiger partial charge in [-0.15, -0.1) is 0 Å². The van der Waals surface area contributed by atoms with Gasteiger partial charge in [-0.1, -0.05) is 12.1 Å². The largest absolute Gasteiger partial charge is 0.312 e. The second-order valence-electron chi connectivity index (χ2n) is 5.37. The number of benzene rings is 1. The van der Waals surface area contributed by atoms with Crippen molar-refractivity contribution in [3.8, 4) is 5.69 Å². The van der Waals surface area contributed by atoms with Gasteiger partial charge in [0.1, 0.15) is 0 Å².